The van der Waals surface area contributed by atoms with E-state index < -0.39 is 6.04 Å². The van der Waals surface area contributed by atoms with Crippen LogP contribution < -0.4 is 11.1 Å². The van der Waals surface area contributed by atoms with Gasteiger partial charge in [0.15, 0.2) is 0 Å². The summed E-state index contributed by atoms with van der Waals surface area (Å²) in [6.45, 7) is 0.528. The summed E-state index contributed by atoms with van der Waals surface area (Å²) < 4.78 is 1.64. The highest BCUT2D eigenvalue weighted by Gasteiger charge is 2.20. The second kappa shape index (κ2) is 6.84. The number of carbonyl (C=O) groups excluding carboxylic acids is 1. The maximum absolute atomic E-state index is 12.2. The third kappa shape index (κ3) is 3.90. The number of nitrogens with zero attached hydrogens (tertiary/aromatic N) is 3. The van der Waals surface area contributed by atoms with Crippen molar-refractivity contribution in [1.29, 1.82) is 0 Å². The summed E-state index contributed by atoms with van der Waals surface area (Å²) in [6, 6.07) is 3.54. The molecule has 0 saturated heterocycles. The molecule has 1 amide bonds. The van der Waals surface area contributed by atoms with Gasteiger partial charge in [-0.3, -0.25) is 9.48 Å². The Labute approximate surface area is 128 Å². The Balaban J connectivity index is 1.96. The van der Waals surface area contributed by atoms with Crippen molar-refractivity contribution < 1.29 is 4.79 Å². The van der Waals surface area contributed by atoms with Gasteiger partial charge in [-0.05, 0) is 25.5 Å². The Morgan fingerprint density at radius 2 is 2.33 bits per heavy atom. The van der Waals surface area contributed by atoms with Crippen LogP contribution in [0, 0.1) is 0 Å². The fourth-order valence-corrected chi connectivity index (χ4v) is 3.00. The Kier molecular flexibility index (Phi) is 5.11. The molecule has 0 radical (unpaired) electrons. The molecule has 7 heteroatoms. The zero-order chi connectivity index (χ0) is 15.4. The molecule has 0 fully saturated rings. The molecule has 3 N–H and O–H groups in total. The van der Waals surface area contributed by atoms with Crippen LogP contribution in [0.1, 0.15) is 22.5 Å². The van der Waals surface area contributed by atoms with Crippen LogP contribution in [0.25, 0.3) is 0 Å². The number of nitrogens with two attached hydrogens (primary N) is 1. The molecule has 2 heterocycles. The lowest BCUT2D eigenvalue weighted by atomic mass is 10.1. The van der Waals surface area contributed by atoms with Crippen molar-refractivity contribution in [3.05, 3.63) is 40.3 Å². The van der Waals surface area contributed by atoms with Gasteiger partial charge in [0.2, 0.25) is 5.91 Å². The maximum Gasteiger partial charge on any atom is 0.241 e. The average molecular weight is 307 g/mol. The SMILES string of the molecule is CN(C)C(CNC(=O)C(N)c1cnn(C)c1)c1cccs1. The number of aryl methyl sites for hydroxylation is 1. The molecule has 0 saturated carbocycles. The molecule has 0 spiro atoms. The summed E-state index contributed by atoms with van der Waals surface area (Å²) in [6.07, 6.45) is 3.37. The van der Waals surface area contributed by atoms with Gasteiger partial charge in [-0.1, -0.05) is 6.07 Å². The van der Waals surface area contributed by atoms with Crippen LogP contribution in [0.3, 0.4) is 0 Å². The molecule has 2 aromatic heterocycles. The van der Waals surface area contributed by atoms with Gasteiger partial charge in [-0.25, -0.2) is 0 Å². The first-order valence-corrected chi connectivity index (χ1v) is 7.58. The molecule has 2 aromatic rings. The van der Waals surface area contributed by atoms with E-state index in [2.05, 4.69) is 21.4 Å². The molecule has 6 nitrogen and oxygen atoms in total. The molecule has 0 aromatic carbocycles. The van der Waals surface area contributed by atoms with Gasteiger partial charge in [0.25, 0.3) is 0 Å². The highest BCUT2D eigenvalue weighted by molar-refractivity contribution is 7.10. The Morgan fingerprint density at radius 1 is 1.57 bits per heavy atom. The number of nitrogens with one attached hydrogen (secondary N) is 1. The number of carbonyl (C=O) groups is 1. The minimum atomic E-state index is -0.690. The molecule has 21 heavy (non-hydrogen) atoms. The maximum atomic E-state index is 12.2. The molecular formula is C14H21N5OS. The number of thiophene rings is 1. The zero-order valence-electron chi connectivity index (χ0n) is 12.5. The molecule has 114 valence electrons. The van der Waals surface area contributed by atoms with Crippen LogP contribution >= 0.6 is 11.3 Å². The molecule has 0 aliphatic heterocycles. The number of amides is 1. The Bertz CT molecular complexity index is 578. The van der Waals surface area contributed by atoms with Crippen molar-refractivity contribution in [2.24, 2.45) is 12.8 Å². The summed E-state index contributed by atoms with van der Waals surface area (Å²) in [5, 5.41) is 8.99. The second-order valence-electron chi connectivity index (χ2n) is 5.16. The largest absolute Gasteiger partial charge is 0.352 e. The van der Waals surface area contributed by atoms with Gasteiger partial charge in [-0.15, -0.1) is 11.3 Å². The molecule has 2 rings (SSSR count). The number of rotatable bonds is 6. The highest BCUT2D eigenvalue weighted by atomic mass is 32.1. The fraction of sp³-hybridized carbons (Fsp3) is 0.429. The van der Waals surface area contributed by atoms with Crippen molar-refractivity contribution in [1.82, 2.24) is 20.0 Å². The van der Waals surface area contributed by atoms with Crippen LogP contribution in [0.2, 0.25) is 0 Å². The van der Waals surface area contributed by atoms with Crippen LogP contribution in [0.5, 0.6) is 0 Å². The predicted molar refractivity (Wildman–Crippen MR) is 83.9 cm³/mol. The summed E-state index contributed by atoms with van der Waals surface area (Å²) in [7, 11) is 5.79. The summed E-state index contributed by atoms with van der Waals surface area (Å²) in [5.41, 5.74) is 6.67. The van der Waals surface area contributed by atoms with Gasteiger partial charge in [0.1, 0.15) is 6.04 Å². The normalized spacial score (nSPS) is 14.1. The van der Waals surface area contributed by atoms with Crippen LogP contribution in [0.4, 0.5) is 0 Å². The van der Waals surface area contributed by atoms with Crippen molar-refractivity contribution in [2.45, 2.75) is 12.1 Å². The molecule has 0 aliphatic carbocycles. The van der Waals surface area contributed by atoms with Crippen molar-refractivity contribution in [3.8, 4) is 0 Å². The van der Waals surface area contributed by atoms with Crippen molar-refractivity contribution in [3.63, 3.8) is 0 Å². The second-order valence-corrected chi connectivity index (χ2v) is 6.14. The predicted octanol–water partition coefficient (Wildman–Crippen LogP) is 0.901. The summed E-state index contributed by atoms with van der Waals surface area (Å²) in [4.78, 5) is 15.5. The van der Waals surface area contributed by atoms with Gasteiger partial charge in [0, 0.05) is 30.2 Å². The number of hydrogen-bond acceptors (Lipinski definition) is 5. The number of aromatic nitrogens is 2. The molecule has 2 unspecified atom stereocenters. The highest BCUT2D eigenvalue weighted by Crippen LogP contribution is 2.22. The van der Waals surface area contributed by atoms with Gasteiger partial charge in [0.05, 0.1) is 12.2 Å². The lowest BCUT2D eigenvalue weighted by Gasteiger charge is -2.24. The molecule has 0 aliphatic rings. The average Bonchev–Trinajstić information content (AvgIpc) is 3.09. The first-order valence-electron chi connectivity index (χ1n) is 6.70. The first-order chi connectivity index (χ1) is 9.99. The van der Waals surface area contributed by atoms with E-state index in [1.807, 2.05) is 25.5 Å². The van der Waals surface area contributed by atoms with E-state index in [0.717, 1.165) is 0 Å². The van der Waals surface area contributed by atoms with Crippen molar-refractivity contribution in [2.75, 3.05) is 20.6 Å². The topological polar surface area (TPSA) is 76.2 Å². The zero-order valence-corrected chi connectivity index (χ0v) is 13.3. The molecule has 0 bridgehead atoms. The van der Waals surface area contributed by atoms with E-state index in [1.165, 1.54) is 4.88 Å². The van der Waals surface area contributed by atoms with E-state index >= 15 is 0 Å². The quantitative estimate of drug-likeness (QED) is 0.831. The minimum Gasteiger partial charge on any atom is -0.352 e. The third-order valence-electron chi connectivity index (χ3n) is 3.33. The van der Waals surface area contributed by atoms with Crippen LogP contribution in [0.15, 0.2) is 29.9 Å². The Hall–Kier alpha value is -1.70. The Morgan fingerprint density at radius 3 is 2.86 bits per heavy atom. The van der Waals surface area contributed by atoms with Gasteiger partial charge >= 0.3 is 0 Å². The smallest absolute Gasteiger partial charge is 0.241 e. The molecule has 2 atom stereocenters. The minimum absolute atomic E-state index is 0.148. The number of hydrogen-bond donors (Lipinski definition) is 2. The summed E-state index contributed by atoms with van der Waals surface area (Å²) in [5.74, 6) is -0.189. The van der Waals surface area contributed by atoms with E-state index in [4.69, 9.17) is 5.73 Å². The first kappa shape index (κ1) is 15.7. The van der Waals surface area contributed by atoms with E-state index in [-0.39, 0.29) is 11.9 Å². The monoisotopic (exact) mass is 307 g/mol. The van der Waals surface area contributed by atoms with Crippen LogP contribution in [-0.2, 0) is 11.8 Å². The van der Waals surface area contributed by atoms with Gasteiger partial charge < -0.3 is 16.0 Å². The lowest BCUT2D eigenvalue weighted by molar-refractivity contribution is -0.122. The summed E-state index contributed by atoms with van der Waals surface area (Å²) >= 11 is 1.68. The van der Waals surface area contributed by atoms with Gasteiger partial charge in [-0.2, -0.15) is 5.10 Å². The fourth-order valence-electron chi connectivity index (χ4n) is 2.08. The number of likely N-dealkylation sites (N-methyl/N-ethyl adjacent to an activating group) is 1. The molecular weight excluding hydrogens is 286 g/mol. The standard InChI is InChI=1S/C14H21N5OS/c1-18(2)11(12-5-4-6-21-12)8-16-14(20)13(15)10-7-17-19(3)9-10/h4-7,9,11,13H,8,15H2,1-3H3,(H,16,20). The third-order valence-corrected chi connectivity index (χ3v) is 4.30. The van der Waals surface area contributed by atoms with E-state index in [1.54, 1.807) is 35.5 Å². The van der Waals surface area contributed by atoms with Crippen molar-refractivity contribution >= 4 is 17.2 Å². The van der Waals surface area contributed by atoms with E-state index in [9.17, 15) is 4.79 Å². The lowest BCUT2D eigenvalue weighted by Crippen LogP contribution is -2.39. The van der Waals surface area contributed by atoms with Crippen LogP contribution in [-0.4, -0.2) is 41.2 Å². The van der Waals surface area contributed by atoms with E-state index in [0.29, 0.717) is 12.1 Å².